The summed E-state index contributed by atoms with van der Waals surface area (Å²) in [6.45, 7) is 0.259. The van der Waals surface area contributed by atoms with Crippen molar-refractivity contribution in [1.82, 2.24) is 10.3 Å². The van der Waals surface area contributed by atoms with E-state index in [4.69, 9.17) is 11.6 Å². The van der Waals surface area contributed by atoms with E-state index in [9.17, 15) is 9.59 Å². The molecule has 1 aromatic heterocycles. The molecule has 0 aliphatic carbocycles. The molecular weight excluding hydrogens is 370 g/mol. The number of benzene rings is 2. The van der Waals surface area contributed by atoms with E-state index < -0.39 is 0 Å². The third kappa shape index (κ3) is 4.91. The Balaban J connectivity index is 1.48. The lowest BCUT2D eigenvalue weighted by Gasteiger charge is -2.05. The molecule has 3 rings (SSSR count). The highest BCUT2D eigenvalue weighted by Gasteiger charge is 2.09. The molecule has 0 unspecified atom stereocenters. The van der Waals surface area contributed by atoms with Gasteiger partial charge in [-0.25, -0.2) is 4.98 Å². The standard InChI is InChI=1S/C19H16ClN3O2S/c20-15-8-6-13(7-9-15)16-12-26-19(22-16)23-17(24)10-11-21-18(25)14-4-2-1-3-5-14/h1-9,12H,10-11H2,(H,21,25)(H,22,23,24). The van der Waals surface area contributed by atoms with Gasteiger partial charge in [-0.15, -0.1) is 11.3 Å². The number of aromatic nitrogens is 1. The molecule has 0 atom stereocenters. The van der Waals surface area contributed by atoms with E-state index in [1.165, 1.54) is 11.3 Å². The first-order valence-electron chi connectivity index (χ1n) is 7.96. The first-order valence-corrected chi connectivity index (χ1v) is 9.22. The first-order chi connectivity index (χ1) is 12.6. The zero-order valence-electron chi connectivity index (χ0n) is 13.7. The number of thiazole rings is 1. The molecule has 2 aromatic carbocycles. The predicted octanol–water partition coefficient (Wildman–Crippen LogP) is 4.22. The number of carbonyl (C=O) groups excluding carboxylic acids is 2. The van der Waals surface area contributed by atoms with E-state index in [1.807, 2.05) is 23.6 Å². The second-order valence-corrected chi connectivity index (χ2v) is 6.76. The van der Waals surface area contributed by atoms with Gasteiger partial charge in [0.2, 0.25) is 5.91 Å². The molecule has 0 saturated carbocycles. The summed E-state index contributed by atoms with van der Waals surface area (Å²) >= 11 is 7.23. The molecule has 3 aromatic rings. The third-order valence-electron chi connectivity index (χ3n) is 3.56. The molecule has 0 aliphatic heterocycles. The van der Waals surface area contributed by atoms with E-state index in [0.29, 0.717) is 15.7 Å². The summed E-state index contributed by atoms with van der Waals surface area (Å²) < 4.78 is 0. The van der Waals surface area contributed by atoms with Crippen molar-refractivity contribution in [2.45, 2.75) is 6.42 Å². The molecule has 132 valence electrons. The second-order valence-electron chi connectivity index (χ2n) is 5.46. The lowest BCUT2D eigenvalue weighted by molar-refractivity contribution is -0.116. The van der Waals surface area contributed by atoms with Crippen LogP contribution in [0.3, 0.4) is 0 Å². The number of nitrogens with zero attached hydrogens (tertiary/aromatic N) is 1. The summed E-state index contributed by atoms with van der Waals surface area (Å²) in [6, 6.07) is 16.2. The van der Waals surface area contributed by atoms with Crippen LogP contribution in [0.1, 0.15) is 16.8 Å². The van der Waals surface area contributed by atoms with Crippen molar-refractivity contribution in [2.75, 3.05) is 11.9 Å². The van der Waals surface area contributed by atoms with Crippen molar-refractivity contribution >= 4 is 39.9 Å². The zero-order chi connectivity index (χ0) is 18.4. The van der Waals surface area contributed by atoms with Crippen LogP contribution in [0, 0.1) is 0 Å². The number of rotatable bonds is 6. The third-order valence-corrected chi connectivity index (χ3v) is 4.57. The van der Waals surface area contributed by atoms with Crippen LogP contribution >= 0.6 is 22.9 Å². The van der Waals surface area contributed by atoms with Gasteiger partial charge in [0.1, 0.15) is 0 Å². The van der Waals surface area contributed by atoms with E-state index in [-0.39, 0.29) is 24.8 Å². The topological polar surface area (TPSA) is 71.1 Å². The molecule has 0 radical (unpaired) electrons. The van der Waals surface area contributed by atoms with Gasteiger partial charge in [-0.3, -0.25) is 9.59 Å². The van der Waals surface area contributed by atoms with Gasteiger partial charge in [-0.2, -0.15) is 0 Å². The Morgan fingerprint density at radius 3 is 2.50 bits per heavy atom. The van der Waals surface area contributed by atoms with E-state index in [0.717, 1.165) is 11.3 Å². The number of hydrogen-bond donors (Lipinski definition) is 2. The van der Waals surface area contributed by atoms with Crippen LogP contribution in [0.5, 0.6) is 0 Å². The molecular formula is C19H16ClN3O2S. The number of carbonyl (C=O) groups is 2. The van der Waals surface area contributed by atoms with Gasteiger partial charge >= 0.3 is 0 Å². The van der Waals surface area contributed by atoms with Gasteiger partial charge in [0.05, 0.1) is 5.69 Å². The van der Waals surface area contributed by atoms with Crippen LogP contribution in [-0.4, -0.2) is 23.3 Å². The number of anilines is 1. The monoisotopic (exact) mass is 385 g/mol. The number of halogens is 1. The lowest BCUT2D eigenvalue weighted by atomic mass is 10.2. The fourth-order valence-electron chi connectivity index (χ4n) is 2.25. The van der Waals surface area contributed by atoms with Gasteiger partial charge in [0.25, 0.3) is 5.91 Å². The maximum Gasteiger partial charge on any atom is 0.251 e. The predicted molar refractivity (Wildman–Crippen MR) is 105 cm³/mol. The average molecular weight is 386 g/mol. The molecule has 0 aliphatic rings. The van der Waals surface area contributed by atoms with Crippen LogP contribution in [0.15, 0.2) is 60.0 Å². The average Bonchev–Trinajstić information content (AvgIpc) is 3.11. The summed E-state index contributed by atoms with van der Waals surface area (Å²) in [4.78, 5) is 28.3. The summed E-state index contributed by atoms with van der Waals surface area (Å²) in [5, 5.41) is 8.53. The van der Waals surface area contributed by atoms with Crippen molar-refractivity contribution in [2.24, 2.45) is 0 Å². The van der Waals surface area contributed by atoms with Crippen LogP contribution in [-0.2, 0) is 4.79 Å². The van der Waals surface area contributed by atoms with Crippen LogP contribution in [0.25, 0.3) is 11.3 Å². The van der Waals surface area contributed by atoms with Crippen molar-refractivity contribution in [3.8, 4) is 11.3 Å². The molecule has 1 heterocycles. The normalized spacial score (nSPS) is 10.3. The molecule has 2 N–H and O–H groups in total. The highest BCUT2D eigenvalue weighted by atomic mass is 35.5. The molecule has 0 spiro atoms. The molecule has 0 saturated heterocycles. The summed E-state index contributed by atoms with van der Waals surface area (Å²) in [5.74, 6) is -0.395. The molecule has 5 nitrogen and oxygen atoms in total. The van der Waals surface area contributed by atoms with Crippen LogP contribution in [0.2, 0.25) is 5.02 Å². The van der Waals surface area contributed by atoms with Crippen molar-refractivity contribution in [3.63, 3.8) is 0 Å². The summed E-state index contributed by atoms with van der Waals surface area (Å²) in [5.41, 5.74) is 2.28. The van der Waals surface area contributed by atoms with Crippen molar-refractivity contribution in [3.05, 3.63) is 70.6 Å². The van der Waals surface area contributed by atoms with Gasteiger partial charge in [-0.1, -0.05) is 41.9 Å². The van der Waals surface area contributed by atoms with Crippen molar-refractivity contribution in [1.29, 1.82) is 0 Å². The van der Waals surface area contributed by atoms with Gasteiger partial charge in [0, 0.05) is 34.5 Å². The highest BCUT2D eigenvalue weighted by Crippen LogP contribution is 2.25. The minimum atomic E-state index is -0.199. The molecule has 0 bridgehead atoms. The zero-order valence-corrected chi connectivity index (χ0v) is 15.3. The number of nitrogens with one attached hydrogen (secondary N) is 2. The Morgan fingerprint density at radius 2 is 1.77 bits per heavy atom. The van der Waals surface area contributed by atoms with Crippen LogP contribution in [0.4, 0.5) is 5.13 Å². The second kappa shape index (κ2) is 8.60. The maximum absolute atomic E-state index is 12.0. The molecule has 7 heteroatoms. The van der Waals surface area contributed by atoms with Crippen molar-refractivity contribution < 1.29 is 9.59 Å². The SMILES string of the molecule is O=C(CCNC(=O)c1ccccc1)Nc1nc(-c2ccc(Cl)cc2)cs1. The van der Waals surface area contributed by atoms with Crippen LogP contribution < -0.4 is 10.6 Å². The van der Waals surface area contributed by atoms with Gasteiger partial charge < -0.3 is 10.6 Å². The Hall–Kier alpha value is -2.70. The van der Waals surface area contributed by atoms with E-state index in [2.05, 4.69) is 15.6 Å². The molecule has 26 heavy (non-hydrogen) atoms. The largest absolute Gasteiger partial charge is 0.352 e. The van der Waals surface area contributed by atoms with Gasteiger partial charge in [0.15, 0.2) is 5.13 Å². The Labute approximate surface area is 160 Å². The Bertz CT molecular complexity index is 895. The minimum absolute atomic E-state index is 0.175. The first kappa shape index (κ1) is 18.1. The Morgan fingerprint density at radius 1 is 1.04 bits per heavy atom. The number of amides is 2. The lowest BCUT2D eigenvalue weighted by Crippen LogP contribution is -2.27. The fourth-order valence-corrected chi connectivity index (χ4v) is 3.11. The molecule has 2 amide bonds. The molecule has 0 fully saturated rings. The van der Waals surface area contributed by atoms with E-state index >= 15 is 0 Å². The van der Waals surface area contributed by atoms with Gasteiger partial charge in [-0.05, 0) is 24.3 Å². The maximum atomic E-state index is 12.0. The quantitative estimate of drug-likeness (QED) is 0.667. The smallest absolute Gasteiger partial charge is 0.251 e. The van der Waals surface area contributed by atoms with E-state index in [1.54, 1.807) is 36.4 Å². The summed E-state index contributed by atoms with van der Waals surface area (Å²) in [7, 11) is 0. The summed E-state index contributed by atoms with van der Waals surface area (Å²) in [6.07, 6.45) is 0.175. The Kier molecular flexibility index (Phi) is 5.99. The number of hydrogen-bond acceptors (Lipinski definition) is 4. The minimum Gasteiger partial charge on any atom is -0.352 e. The fraction of sp³-hybridized carbons (Fsp3) is 0.105. The highest BCUT2D eigenvalue weighted by molar-refractivity contribution is 7.14.